The van der Waals surface area contributed by atoms with E-state index in [1.54, 1.807) is 35.1 Å². The van der Waals surface area contributed by atoms with Crippen LogP contribution in [0.1, 0.15) is 0 Å². The maximum Gasteiger partial charge on any atom is 0.163 e. The van der Waals surface area contributed by atoms with Gasteiger partial charge in [0.25, 0.3) is 0 Å². The van der Waals surface area contributed by atoms with Crippen molar-refractivity contribution in [2.75, 3.05) is 13.2 Å². The third-order valence-corrected chi connectivity index (χ3v) is 5.36. The van der Waals surface area contributed by atoms with E-state index in [9.17, 15) is 8.78 Å². The fourth-order valence-electron chi connectivity index (χ4n) is 3.91. The molecule has 0 amide bonds. The van der Waals surface area contributed by atoms with Crippen LogP contribution in [0.5, 0.6) is 11.5 Å². The first kappa shape index (κ1) is 17.8. The lowest BCUT2D eigenvalue weighted by Crippen LogP contribution is -2.15. The average molecular weight is 415 g/mol. The molecule has 3 heterocycles. The molecule has 0 radical (unpaired) electrons. The molecule has 31 heavy (non-hydrogen) atoms. The van der Waals surface area contributed by atoms with E-state index < -0.39 is 0 Å². The first-order chi connectivity index (χ1) is 15.2. The second-order valence-corrected chi connectivity index (χ2v) is 7.28. The Labute approximate surface area is 175 Å². The van der Waals surface area contributed by atoms with Gasteiger partial charge in [0.2, 0.25) is 0 Å². The van der Waals surface area contributed by atoms with E-state index in [-0.39, 0.29) is 11.6 Å². The number of hydrogen-bond acceptors (Lipinski definition) is 4. The monoisotopic (exact) mass is 415 g/mol. The van der Waals surface area contributed by atoms with Crippen LogP contribution in [0, 0.1) is 11.6 Å². The Bertz CT molecular complexity index is 1440. The van der Waals surface area contributed by atoms with Crippen molar-refractivity contribution in [2.45, 2.75) is 0 Å². The quantitative estimate of drug-likeness (QED) is 0.393. The van der Waals surface area contributed by atoms with Crippen molar-refractivity contribution in [1.82, 2.24) is 14.8 Å². The van der Waals surface area contributed by atoms with Crippen molar-refractivity contribution >= 4 is 21.8 Å². The molecule has 3 aromatic carbocycles. The van der Waals surface area contributed by atoms with Gasteiger partial charge in [-0.1, -0.05) is 0 Å². The van der Waals surface area contributed by atoms with Gasteiger partial charge >= 0.3 is 0 Å². The van der Waals surface area contributed by atoms with Crippen molar-refractivity contribution in [2.24, 2.45) is 0 Å². The molecule has 0 spiro atoms. The molecule has 0 bridgehead atoms. The highest BCUT2D eigenvalue weighted by Gasteiger charge is 2.20. The lowest BCUT2D eigenvalue weighted by molar-refractivity contribution is 0.172. The summed E-state index contributed by atoms with van der Waals surface area (Å²) in [6.07, 6.45) is 1.75. The van der Waals surface area contributed by atoms with Crippen LogP contribution in [0.15, 0.2) is 66.9 Å². The molecule has 6 rings (SSSR count). The number of benzene rings is 3. The molecular formula is C24H15F2N3O2. The molecule has 1 aliphatic rings. The number of hydrogen-bond donors (Lipinski definition) is 0. The predicted molar refractivity (Wildman–Crippen MR) is 113 cm³/mol. The summed E-state index contributed by atoms with van der Waals surface area (Å²) in [7, 11) is 0. The Hall–Kier alpha value is -4.00. The summed E-state index contributed by atoms with van der Waals surface area (Å²) in [5, 5.41) is 6.43. The van der Waals surface area contributed by atoms with Gasteiger partial charge in [0.05, 0.1) is 16.7 Å². The fraction of sp³-hybridized carbons (Fsp3) is 0.0833. The molecular weight excluding hydrogens is 400 g/mol. The van der Waals surface area contributed by atoms with E-state index in [1.807, 2.05) is 12.1 Å². The van der Waals surface area contributed by atoms with Gasteiger partial charge in [-0.05, 0) is 54.6 Å². The molecule has 5 aromatic rings. The minimum Gasteiger partial charge on any atom is -0.486 e. The van der Waals surface area contributed by atoms with Crippen molar-refractivity contribution in [3.05, 3.63) is 78.5 Å². The molecule has 0 saturated heterocycles. The van der Waals surface area contributed by atoms with E-state index >= 15 is 0 Å². The minimum atomic E-state index is -0.329. The maximum atomic E-state index is 13.6. The van der Waals surface area contributed by atoms with Gasteiger partial charge in [-0.15, -0.1) is 0 Å². The molecule has 152 valence electrons. The number of halogens is 2. The van der Waals surface area contributed by atoms with Gasteiger partial charge in [0.1, 0.15) is 30.5 Å². The number of ether oxygens (including phenoxy) is 2. The Morgan fingerprint density at radius 3 is 2.13 bits per heavy atom. The molecule has 0 fully saturated rings. The van der Waals surface area contributed by atoms with Gasteiger partial charge in [-0.2, -0.15) is 5.10 Å². The molecule has 5 nitrogen and oxygen atoms in total. The zero-order chi connectivity index (χ0) is 20.9. The van der Waals surface area contributed by atoms with Crippen LogP contribution in [-0.4, -0.2) is 28.0 Å². The van der Waals surface area contributed by atoms with Crippen LogP contribution < -0.4 is 9.47 Å². The number of nitrogens with zero attached hydrogens (tertiary/aromatic N) is 3. The second kappa shape index (κ2) is 6.77. The molecule has 7 heteroatoms. The Balaban J connectivity index is 1.70. The lowest BCUT2D eigenvalue weighted by atomic mass is 10.1. The van der Waals surface area contributed by atoms with E-state index in [4.69, 9.17) is 14.6 Å². The molecule has 2 aromatic heterocycles. The first-order valence-corrected chi connectivity index (χ1v) is 9.80. The topological polar surface area (TPSA) is 49.2 Å². The third kappa shape index (κ3) is 2.89. The van der Waals surface area contributed by atoms with E-state index in [0.717, 1.165) is 27.4 Å². The van der Waals surface area contributed by atoms with Crippen LogP contribution in [0.25, 0.3) is 38.8 Å². The Morgan fingerprint density at radius 1 is 0.774 bits per heavy atom. The van der Waals surface area contributed by atoms with Crippen molar-refractivity contribution in [1.29, 1.82) is 0 Å². The van der Waals surface area contributed by atoms with E-state index in [0.29, 0.717) is 36.1 Å². The standard InChI is InChI=1S/C24H15F2N3O2/c25-15-3-1-14(2-4-15)23-19-13-27-20-12-22-21(30-9-10-31-22)11-18(20)24(19)29(28-23)17-7-5-16(26)6-8-17/h1-8,11-13H,9-10H2. The van der Waals surface area contributed by atoms with Crippen LogP contribution in [-0.2, 0) is 0 Å². The van der Waals surface area contributed by atoms with Crippen molar-refractivity contribution < 1.29 is 18.3 Å². The summed E-state index contributed by atoms with van der Waals surface area (Å²) in [5.74, 6) is 0.643. The molecule has 0 atom stereocenters. The predicted octanol–water partition coefficient (Wildman–Crippen LogP) is 5.29. The van der Waals surface area contributed by atoms with E-state index in [2.05, 4.69) is 4.98 Å². The van der Waals surface area contributed by atoms with Gasteiger partial charge in [-0.25, -0.2) is 13.5 Å². The number of aromatic nitrogens is 3. The molecule has 0 unspecified atom stereocenters. The number of rotatable bonds is 2. The van der Waals surface area contributed by atoms with Gasteiger partial charge in [0, 0.05) is 28.6 Å². The Kier molecular flexibility index (Phi) is 3.89. The summed E-state index contributed by atoms with van der Waals surface area (Å²) in [6, 6.07) is 16.0. The van der Waals surface area contributed by atoms with E-state index in [1.165, 1.54) is 24.3 Å². The first-order valence-electron chi connectivity index (χ1n) is 9.80. The van der Waals surface area contributed by atoms with Crippen LogP contribution in [0.2, 0.25) is 0 Å². The summed E-state index contributed by atoms with van der Waals surface area (Å²) in [6.45, 7) is 0.961. The molecule has 0 aliphatic carbocycles. The summed E-state index contributed by atoms with van der Waals surface area (Å²) in [5.41, 5.74) is 3.63. The van der Waals surface area contributed by atoms with Crippen molar-refractivity contribution in [3.63, 3.8) is 0 Å². The second-order valence-electron chi connectivity index (χ2n) is 7.28. The smallest absolute Gasteiger partial charge is 0.163 e. The lowest BCUT2D eigenvalue weighted by Gasteiger charge is -2.19. The normalized spacial score (nSPS) is 13.1. The third-order valence-electron chi connectivity index (χ3n) is 5.36. The average Bonchev–Trinajstić information content (AvgIpc) is 3.19. The minimum absolute atomic E-state index is 0.321. The van der Waals surface area contributed by atoms with Crippen LogP contribution >= 0.6 is 0 Å². The van der Waals surface area contributed by atoms with Gasteiger partial charge in [-0.3, -0.25) is 4.98 Å². The highest BCUT2D eigenvalue weighted by atomic mass is 19.1. The number of fused-ring (bicyclic) bond motifs is 4. The Morgan fingerprint density at radius 2 is 1.42 bits per heavy atom. The highest BCUT2D eigenvalue weighted by Crippen LogP contribution is 2.39. The summed E-state index contributed by atoms with van der Waals surface area (Å²) < 4.78 is 40.3. The zero-order valence-corrected chi connectivity index (χ0v) is 16.2. The van der Waals surface area contributed by atoms with Gasteiger partial charge < -0.3 is 9.47 Å². The van der Waals surface area contributed by atoms with Crippen molar-refractivity contribution in [3.8, 4) is 28.4 Å². The zero-order valence-electron chi connectivity index (χ0n) is 16.2. The highest BCUT2D eigenvalue weighted by molar-refractivity contribution is 6.09. The van der Waals surface area contributed by atoms with Crippen LogP contribution in [0.3, 0.4) is 0 Å². The maximum absolute atomic E-state index is 13.6. The summed E-state index contributed by atoms with van der Waals surface area (Å²) >= 11 is 0. The molecule has 0 saturated carbocycles. The number of pyridine rings is 1. The SMILES string of the molecule is Fc1ccc(-c2nn(-c3ccc(F)cc3)c3c2cnc2cc4c(cc23)OCCO4)cc1. The van der Waals surface area contributed by atoms with Crippen LogP contribution in [0.4, 0.5) is 8.78 Å². The largest absolute Gasteiger partial charge is 0.486 e. The molecule has 1 aliphatic heterocycles. The summed E-state index contributed by atoms with van der Waals surface area (Å²) in [4.78, 5) is 4.62. The van der Waals surface area contributed by atoms with Gasteiger partial charge in [0.15, 0.2) is 11.5 Å². The fourth-order valence-corrected chi connectivity index (χ4v) is 3.91. The molecule has 0 N–H and O–H groups in total.